The highest BCUT2D eigenvalue weighted by Gasteiger charge is 2.32. The van der Waals surface area contributed by atoms with Gasteiger partial charge >= 0.3 is 5.69 Å². The normalized spacial score (nSPS) is 18.3. The number of nitrogens with two attached hydrogens (primary N) is 1. The van der Waals surface area contributed by atoms with Gasteiger partial charge in [-0.05, 0) is 38.2 Å². The summed E-state index contributed by atoms with van der Waals surface area (Å²) >= 11 is 0. The number of nitrogens with one attached hydrogen (secondary N) is 1. The van der Waals surface area contributed by atoms with E-state index in [1.54, 1.807) is 11.5 Å². The van der Waals surface area contributed by atoms with Crippen molar-refractivity contribution in [3.05, 3.63) is 38.3 Å². The monoisotopic (exact) mass is 402 g/mol. The summed E-state index contributed by atoms with van der Waals surface area (Å²) in [5.74, 6) is 5.39. The van der Waals surface area contributed by atoms with Gasteiger partial charge in [0.25, 0.3) is 5.56 Å². The Morgan fingerprint density at radius 1 is 1.31 bits per heavy atom. The lowest BCUT2D eigenvalue weighted by Gasteiger charge is -2.24. The predicted octanol–water partition coefficient (Wildman–Crippen LogP) is 1.58. The zero-order valence-corrected chi connectivity index (χ0v) is 17.0. The van der Waals surface area contributed by atoms with E-state index < -0.39 is 17.1 Å². The molecule has 2 heterocycles. The number of anilines is 1. The molecular formula is C20H27FN6O2. The van der Waals surface area contributed by atoms with Crippen molar-refractivity contribution >= 4 is 16.6 Å². The van der Waals surface area contributed by atoms with Gasteiger partial charge in [-0.2, -0.15) is 9.94 Å². The molecule has 1 saturated heterocycles. The van der Waals surface area contributed by atoms with E-state index in [0.29, 0.717) is 41.1 Å². The van der Waals surface area contributed by atoms with Gasteiger partial charge in [0.1, 0.15) is 5.82 Å². The summed E-state index contributed by atoms with van der Waals surface area (Å²) in [6.45, 7) is 7.56. The van der Waals surface area contributed by atoms with E-state index in [4.69, 9.17) is 11.1 Å². The third kappa shape index (κ3) is 3.55. The molecule has 1 atom stereocenters. The van der Waals surface area contributed by atoms with Crippen LogP contribution in [0.4, 0.5) is 10.1 Å². The standard InChI is InChI=1S/C18H21FN6O2.C2H6/c1-10-15-13(17(26)25(21)18(27)24(15)12-2-3-12)6-14(19)16(10)23-5-4-11(8-23)7-22-9-20;1-2/h6,11-12,22H,2-5,7-8,21H2,1H3;1-2H3. The molecule has 1 aliphatic heterocycles. The summed E-state index contributed by atoms with van der Waals surface area (Å²) in [4.78, 5) is 27.0. The van der Waals surface area contributed by atoms with Crippen LogP contribution in [0.15, 0.2) is 15.7 Å². The van der Waals surface area contributed by atoms with E-state index in [2.05, 4.69) is 5.32 Å². The van der Waals surface area contributed by atoms with Gasteiger partial charge in [0, 0.05) is 31.2 Å². The fourth-order valence-corrected chi connectivity index (χ4v) is 4.11. The van der Waals surface area contributed by atoms with Crippen molar-refractivity contribution in [3.63, 3.8) is 0 Å². The van der Waals surface area contributed by atoms with Crippen LogP contribution in [0.5, 0.6) is 0 Å². The van der Waals surface area contributed by atoms with E-state index in [-0.39, 0.29) is 17.3 Å². The Balaban J connectivity index is 0.00000117. The maximum atomic E-state index is 15.0. The fourth-order valence-electron chi connectivity index (χ4n) is 4.11. The lowest BCUT2D eigenvalue weighted by atomic mass is 10.1. The highest BCUT2D eigenvalue weighted by Crippen LogP contribution is 2.39. The van der Waals surface area contributed by atoms with E-state index in [1.165, 1.54) is 6.07 Å². The van der Waals surface area contributed by atoms with Gasteiger partial charge in [-0.3, -0.25) is 9.36 Å². The summed E-state index contributed by atoms with van der Waals surface area (Å²) in [6.07, 6.45) is 4.43. The minimum absolute atomic E-state index is 0.00133. The summed E-state index contributed by atoms with van der Waals surface area (Å²) in [5, 5.41) is 11.5. The van der Waals surface area contributed by atoms with Gasteiger partial charge in [0.15, 0.2) is 6.19 Å². The summed E-state index contributed by atoms with van der Waals surface area (Å²) < 4.78 is 17.1. The molecule has 2 aromatic rings. The number of nitriles is 1. The number of aryl methyl sites for hydroxylation is 1. The zero-order valence-electron chi connectivity index (χ0n) is 17.0. The van der Waals surface area contributed by atoms with Crippen LogP contribution in [-0.4, -0.2) is 28.9 Å². The molecule has 29 heavy (non-hydrogen) atoms. The third-order valence-electron chi connectivity index (χ3n) is 5.55. The Bertz CT molecular complexity index is 1080. The van der Waals surface area contributed by atoms with Crippen LogP contribution < -0.4 is 27.3 Å². The first-order chi connectivity index (χ1) is 13.9. The molecule has 2 aliphatic rings. The average molecular weight is 402 g/mol. The molecule has 1 aliphatic carbocycles. The highest BCUT2D eigenvalue weighted by atomic mass is 19.1. The molecule has 1 saturated carbocycles. The maximum Gasteiger partial charge on any atom is 0.350 e. The topological polar surface area (TPSA) is 109 Å². The number of aromatic nitrogens is 2. The molecule has 1 aromatic carbocycles. The van der Waals surface area contributed by atoms with Gasteiger partial charge in [-0.25, -0.2) is 9.18 Å². The summed E-state index contributed by atoms with van der Waals surface area (Å²) in [7, 11) is 0. The molecular weight excluding hydrogens is 375 g/mol. The van der Waals surface area contributed by atoms with Gasteiger partial charge in [0.2, 0.25) is 0 Å². The minimum atomic E-state index is -0.682. The second-order valence-corrected chi connectivity index (χ2v) is 7.38. The fraction of sp³-hybridized carbons (Fsp3) is 0.550. The molecule has 3 N–H and O–H groups in total. The SMILES string of the molecule is CC.Cc1c(N2CCC(CNC#N)C2)c(F)cc2c(=O)n(N)c(=O)n(C3CC3)c12. The van der Waals surface area contributed by atoms with Crippen LogP contribution in [0.1, 0.15) is 44.7 Å². The molecule has 4 rings (SSSR count). The maximum absolute atomic E-state index is 15.0. The molecule has 0 radical (unpaired) electrons. The van der Waals surface area contributed by atoms with Crippen LogP contribution in [-0.2, 0) is 0 Å². The molecule has 8 nitrogen and oxygen atoms in total. The van der Waals surface area contributed by atoms with Crippen molar-refractivity contribution in [1.82, 2.24) is 14.6 Å². The van der Waals surface area contributed by atoms with Gasteiger partial charge in [0.05, 0.1) is 16.6 Å². The number of halogens is 1. The Labute approximate surface area is 168 Å². The Morgan fingerprint density at radius 2 is 2.00 bits per heavy atom. The number of nitrogen functional groups attached to an aromatic ring is 1. The van der Waals surface area contributed by atoms with Gasteiger partial charge in [-0.15, -0.1) is 0 Å². The molecule has 1 aromatic heterocycles. The number of hydrogen-bond acceptors (Lipinski definition) is 6. The van der Waals surface area contributed by atoms with Crippen LogP contribution in [0, 0.1) is 30.1 Å². The molecule has 1 unspecified atom stereocenters. The first-order valence-corrected chi connectivity index (χ1v) is 10.1. The number of fused-ring (bicyclic) bond motifs is 1. The van der Waals surface area contributed by atoms with Gasteiger partial charge < -0.3 is 16.1 Å². The Kier molecular flexibility index (Phi) is 5.82. The molecule has 156 valence electrons. The quantitative estimate of drug-likeness (QED) is 0.457. The smallest absolute Gasteiger partial charge is 0.350 e. The minimum Gasteiger partial charge on any atom is -0.369 e. The van der Waals surface area contributed by atoms with Gasteiger partial charge in [-0.1, -0.05) is 13.8 Å². The average Bonchev–Trinajstić information content (AvgIpc) is 3.45. The number of nitrogens with zero attached hydrogens (tertiary/aromatic N) is 4. The van der Waals surface area contributed by atoms with Crippen molar-refractivity contribution in [2.24, 2.45) is 5.92 Å². The molecule has 0 spiro atoms. The highest BCUT2D eigenvalue weighted by molar-refractivity contribution is 5.87. The third-order valence-corrected chi connectivity index (χ3v) is 5.55. The molecule has 2 fully saturated rings. The van der Waals surface area contributed by atoms with E-state index in [1.807, 2.05) is 24.9 Å². The van der Waals surface area contributed by atoms with Crippen molar-refractivity contribution in [2.75, 3.05) is 30.4 Å². The number of benzene rings is 1. The molecule has 9 heteroatoms. The Hall–Kier alpha value is -3.02. The van der Waals surface area contributed by atoms with E-state index >= 15 is 0 Å². The zero-order chi connectivity index (χ0) is 21.3. The lowest BCUT2D eigenvalue weighted by molar-refractivity contribution is 0.563. The summed E-state index contributed by atoms with van der Waals surface area (Å²) in [5.41, 5.74) is 0.237. The van der Waals surface area contributed by atoms with Crippen molar-refractivity contribution < 1.29 is 4.39 Å². The number of hydrogen-bond donors (Lipinski definition) is 2. The van der Waals surface area contributed by atoms with Crippen LogP contribution in [0.25, 0.3) is 10.9 Å². The summed E-state index contributed by atoms with van der Waals surface area (Å²) in [6, 6.07) is 1.20. The second-order valence-electron chi connectivity index (χ2n) is 7.38. The molecule has 0 bridgehead atoms. The largest absolute Gasteiger partial charge is 0.369 e. The Morgan fingerprint density at radius 3 is 2.62 bits per heavy atom. The second kappa shape index (κ2) is 8.15. The van der Waals surface area contributed by atoms with Crippen molar-refractivity contribution in [3.8, 4) is 6.19 Å². The number of rotatable bonds is 4. The lowest BCUT2D eigenvalue weighted by Crippen LogP contribution is -2.44. The van der Waals surface area contributed by atoms with Crippen molar-refractivity contribution in [1.29, 1.82) is 5.26 Å². The van der Waals surface area contributed by atoms with Crippen LogP contribution >= 0.6 is 0 Å². The van der Waals surface area contributed by atoms with Crippen LogP contribution in [0.3, 0.4) is 0 Å². The van der Waals surface area contributed by atoms with Crippen molar-refractivity contribution in [2.45, 2.75) is 46.1 Å². The van der Waals surface area contributed by atoms with Crippen LogP contribution in [0.2, 0.25) is 0 Å². The molecule has 0 amide bonds. The van der Waals surface area contributed by atoms with E-state index in [0.717, 1.165) is 19.3 Å². The predicted molar refractivity (Wildman–Crippen MR) is 111 cm³/mol. The van der Waals surface area contributed by atoms with E-state index in [9.17, 15) is 14.0 Å². The first kappa shape index (κ1) is 20.7. The first-order valence-electron chi connectivity index (χ1n) is 10.1.